The Kier molecular flexibility index (Phi) is 13.4. The van der Waals surface area contributed by atoms with Crippen molar-refractivity contribution in [3.8, 4) is 0 Å². The van der Waals surface area contributed by atoms with Gasteiger partial charge in [0.25, 0.3) is 0 Å². The summed E-state index contributed by atoms with van der Waals surface area (Å²) in [6.07, 6.45) is 13.7. The molecule has 0 spiro atoms. The van der Waals surface area contributed by atoms with Crippen molar-refractivity contribution in [3.63, 3.8) is 0 Å². The van der Waals surface area contributed by atoms with E-state index in [1.165, 1.54) is 63.9 Å². The van der Waals surface area contributed by atoms with Crippen molar-refractivity contribution in [2.24, 2.45) is 0 Å². The van der Waals surface area contributed by atoms with Gasteiger partial charge in [-0.3, -0.25) is 0 Å². The molecule has 132 valence electrons. The van der Waals surface area contributed by atoms with Crippen LogP contribution in [0, 0.1) is 6.92 Å². The van der Waals surface area contributed by atoms with E-state index in [2.05, 4.69) is 6.92 Å². The molecule has 0 radical (unpaired) electrons. The molecule has 0 amide bonds. The molecular weight excluding hydrogens is 331 g/mol. The number of rotatable bonds is 12. The van der Waals surface area contributed by atoms with Crippen LogP contribution in [0.2, 0.25) is 0 Å². The van der Waals surface area contributed by atoms with E-state index in [1.54, 1.807) is 12.1 Å². The molecule has 0 N–H and O–H groups in total. The van der Waals surface area contributed by atoms with Gasteiger partial charge in [0.05, 0.1) is 4.90 Å². The second-order valence-electron chi connectivity index (χ2n) is 6.47. The van der Waals surface area contributed by atoms with Gasteiger partial charge < -0.3 is 4.55 Å². The van der Waals surface area contributed by atoms with Crippen LogP contribution in [0.4, 0.5) is 0 Å². The molecule has 1 aromatic rings. The first-order valence-electron chi connectivity index (χ1n) is 9.00. The van der Waals surface area contributed by atoms with Crippen molar-refractivity contribution in [1.29, 1.82) is 0 Å². The Morgan fingerprint density at radius 3 is 1.88 bits per heavy atom. The summed E-state index contributed by atoms with van der Waals surface area (Å²) in [5.74, 6) is 0. The van der Waals surface area contributed by atoms with E-state index >= 15 is 0 Å². The summed E-state index contributed by atoms with van der Waals surface area (Å²) in [4.78, 5) is -0.106. The van der Waals surface area contributed by atoms with Crippen LogP contribution in [-0.2, 0) is 16.5 Å². The van der Waals surface area contributed by atoms with Gasteiger partial charge >= 0.3 is 29.6 Å². The number of aryl methyl sites for hydroxylation is 2. The Balaban J connectivity index is 0.00000529. The zero-order valence-electron chi connectivity index (χ0n) is 15.6. The molecule has 0 fully saturated rings. The summed E-state index contributed by atoms with van der Waals surface area (Å²) in [7, 11) is -4.34. The Bertz CT molecular complexity index is 556. The van der Waals surface area contributed by atoms with Gasteiger partial charge in [-0.25, -0.2) is 8.42 Å². The van der Waals surface area contributed by atoms with Crippen LogP contribution >= 0.6 is 0 Å². The summed E-state index contributed by atoms with van der Waals surface area (Å²) < 4.78 is 33.2. The van der Waals surface area contributed by atoms with Crippen LogP contribution in [0.15, 0.2) is 23.1 Å². The topological polar surface area (TPSA) is 57.2 Å². The zero-order valence-corrected chi connectivity index (χ0v) is 18.5. The minimum atomic E-state index is -4.34. The summed E-state index contributed by atoms with van der Waals surface area (Å²) in [5, 5.41) is 0. The van der Waals surface area contributed by atoms with Gasteiger partial charge in [0.15, 0.2) is 0 Å². The van der Waals surface area contributed by atoms with E-state index in [-0.39, 0.29) is 34.5 Å². The Morgan fingerprint density at radius 2 is 1.38 bits per heavy atom. The molecule has 5 heteroatoms. The molecule has 0 aromatic heterocycles. The molecule has 3 nitrogen and oxygen atoms in total. The summed E-state index contributed by atoms with van der Waals surface area (Å²) in [5.41, 5.74) is 2.05. The van der Waals surface area contributed by atoms with Gasteiger partial charge in [0.1, 0.15) is 10.1 Å². The Hall–Kier alpha value is 0.130. The molecule has 0 aliphatic heterocycles. The number of hydrogen-bond acceptors (Lipinski definition) is 3. The number of benzene rings is 1. The smallest absolute Gasteiger partial charge is 0.744 e. The molecule has 24 heavy (non-hydrogen) atoms. The van der Waals surface area contributed by atoms with Crippen molar-refractivity contribution in [3.05, 3.63) is 29.3 Å². The molecule has 0 saturated carbocycles. The second-order valence-corrected chi connectivity index (χ2v) is 7.85. The van der Waals surface area contributed by atoms with Crippen LogP contribution in [0.1, 0.15) is 82.3 Å². The minimum Gasteiger partial charge on any atom is -0.744 e. The number of hydrogen-bond donors (Lipinski definition) is 0. The van der Waals surface area contributed by atoms with Gasteiger partial charge in [0.2, 0.25) is 0 Å². The zero-order chi connectivity index (χ0) is 17.1. The van der Waals surface area contributed by atoms with E-state index in [1.807, 2.05) is 6.92 Å². The summed E-state index contributed by atoms with van der Waals surface area (Å²) in [6.45, 7) is 4.21. The average Bonchev–Trinajstić information content (AvgIpc) is 2.49. The predicted octanol–water partition coefficient (Wildman–Crippen LogP) is 2.37. The van der Waals surface area contributed by atoms with Crippen LogP contribution in [0.25, 0.3) is 0 Å². The van der Waals surface area contributed by atoms with Crippen LogP contribution in [0.5, 0.6) is 0 Å². The third-order valence-electron chi connectivity index (χ3n) is 4.41. The van der Waals surface area contributed by atoms with Crippen molar-refractivity contribution in [2.45, 2.75) is 89.4 Å². The van der Waals surface area contributed by atoms with Gasteiger partial charge in [0, 0.05) is 0 Å². The van der Waals surface area contributed by atoms with E-state index < -0.39 is 10.1 Å². The van der Waals surface area contributed by atoms with Crippen molar-refractivity contribution >= 4 is 10.1 Å². The van der Waals surface area contributed by atoms with Gasteiger partial charge in [-0.2, -0.15) is 0 Å². The fourth-order valence-corrected chi connectivity index (χ4v) is 3.40. The van der Waals surface area contributed by atoms with Crippen LogP contribution < -0.4 is 29.6 Å². The normalized spacial score (nSPS) is 11.3. The average molecular weight is 363 g/mol. The first-order valence-corrected chi connectivity index (χ1v) is 10.4. The monoisotopic (exact) mass is 362 g/mol. The molecule has 0 bridgehead atoms. The SMILES string of the molecule is CCCCCCCCCCCCc1cc(S(=O)(=O)[O-])ccc1C.[Na+]. The standard InChI is InChI=1S/C19H32O3S.Na/c1-3-4-5-6-7-8-9-10-11-12-13-18-16-19(23(20,21)22)15-14-17(18)2;/h14-16H,3-13H2,1-2H3,(H,20,21,22);/q;+1/p-1. The van der Waals surface area contributed by atoms with E-state index in [9.17, 15) is 13.0 Å². The quantitative estimate of drug-likeness (QED) is 0.326. The summed E-state index contributed by atoms with van der Waals surface area (Å²) >= 11 is 0. The largest absolute Gasteiger partial charge is 1.00 e. The molecule has 0 unspecified atom stereocenters. The van der Waals surface area contributed by atoms with Gasteiger partial charge in [-0.05, 0) is 43.0 Å². The fourth-order valence-electron chi connectivity index (χ4n) is 2.88. The second kappa shape index (κ2) is 13.3. The van der Waals surface area contributed by atoms with Crippen LogP contribution in [0.3, 0.4) is 0 Å². The first-order chi connectivity index (χ1) is 10.9. The molecule has 0 aliphatic carbocycles. The van der Waals surface area contributed by atoms with Crippen LogP contribution in [-0.4, -0.2) is 13.0 Å². The molecule has 0 saturated heterocycles. The van der Waals surface area contributed by atoms with Crippen molar-refractivity contribution < 1.29 is 42.5 Å². The molecule has 1 aromatic carbocycles. The first kappa shape index (κ1) is 24.1. The third-order valence-corrected chi connectivity index (χ3v) is 5.24. The predicted molar refractivity (Wildman–Crippen MR) is 94.7 cm³/mol. The van der Waals surface area contributed by atoms with Gasteiger partial charge in [-0.15, -0.1) is 0 Å². The molecule has 0 heterocycles. The molecule has 0 atom stereocenters. The Labute approximate surface area is 170 Å². The number of unbranched alkanes of at least 4 members (excludes halogenated alkanes) is 9. The Morgan fingerprint density at radius 1 is 0.875 bits per heavy atom. The van der Waals surface area contributed by atoms with Crippen molar-refractivity contribution in [1.82, 2.24) is 0 Å². The maximum atomic E-state index is 11.1. The molecular formula is C19H31NaO3S. The molecule has 0 aliphatic rings. The third kappa shape index (κ3) is 10.2. The minimum absolute atomic E-state index is 0. The van der Waals surface area contributed by atoms with E-state index in [0.29, 0.717) is 0 Å². The van der Waals surface area contributed by atoms with Crippen molar-refractivity contribution in [2.75, 3.05) is 0 Å². The maximum Gasteiger partial charge on any atom is 1.00 e. The van der Waals surface area contributed by atoms with Gasteiger partial charge in [-0.1, -0.05) is 70.8 Å². The van der Waals surface area contributed by atoms with E-state index in [0.717, 1.165) is 24.0 Å². The van der Waals surface area contributed by atoms with E-state index in [4.69, 9.17) is 0 Å². The fraction of sp³-hybridized carbons (Fsp3) is 0.684. The molecule has 1 rings (SSSR count). The summed E-state index contributed by atoms with van der Waals surface area (Å²) in [6, 6.07) is 4.68. The maximum absolute atomic E-state index is 11.1.